The summed E-state index contributed by atoms with van der Waals surface area (Å²) in [6, 6.07) is 0. The summed E-state index contributed by atoms with van der Waals surface area (Å²) in [5, 5.41) is 0. The quantitative estimate of drug-likeness (QED) is 0.477. The van der Waals surface area contributed by atoms with Crippen LogP contribution in [0, 0.1) is 0 Å². The Balaban J connectivity index is 2.40. The Hall–Kier alpha value is -1.05. The molecule has 0 aromatic heterocycles. The van der Waals surface area contributed by atoms with Crippen LogP contribution in [0.15, 0.2) is 35.6 Å². The molecule has 0 bridgehead atoms. The Kier molecular flexibility index (Phi) is 0.781. The molecule has 2 heteroatoms. The first-order valence-corrected chi connectivity index (χ1v) is 2.77. The summed E-state index contributed by atoms with van der Waals surface area (Å²) >= 11 is 0. The van der Waals surface area contributed by atoms with Crippen molar-refractivity contribution in [2.45, 2.75) is 6.36 Å². The number of ether oxygens (including phenoxy) is 1. The van der Waals surface area contributed by atoms with Gasteiger partial charge in [0.1, 0.15) is 5.76 Å². The van der Waals surface area contributed by atoms with Crippen molar-refractivity contribution in [2.24, 2.45) is 0 Å². The SMILES string of the molecule is FC1C=C2C=CC=C2O1. The Labute approximate surface area is 52.1 Å². The van der Waals surface area contributed by atoms with Gasteiger partial charge >= 0.3 is 0 Å². The Morgan fingerprint density at radius 1 is 1.56 bits per heavy atom. The van der Waals surface area contributed by atoms with Crippen LogP contribution in [0.2, 0.25) is 0 Å². The van der Waals surface area contributed by atoms with Crippen molar-refractivity contribution in [2.75, 3.05) is 0 Å². The molecule has 0 amide bonds. The molecule has 0 saturated heterocycles. The minimum Gasteiger partial charge on any atom is -0.456 e. The summed E-state index contributed by atoms with van der Waals surface area (Å²) in [4.78, 5) is 0. The van der Waals surface area contributed by atoms with E-state index in [2.05, 4.69) is 0 Å². The summed E-state index contributed by atoms with van der Waals surface area (Å²) in [5.74, 6) is 0.655. The van der Waals surface area contributed by atoms with Crippen LogP contribution in [-0.4, -0.2) is 6.36 Å². The van der Waals surface area contributed by atoms with Gasteiger partial charge in [0.15, 0.2) is 0 Å². The average Bonchev–Trinajstić information content (AvgIpc) is 2.22. The van der Waals surface area contributed by atoms with Crippen LogP contribution >= 0.6 is 0 Å². The maximum atomic E-state index is 12.3. The first kappa shape index (κ1) is 4.79. The normalized spacial score (nSPS) is 29.2. The van der Waals surface area contributed by atoms with Gasteiger partial charge in [-0.1, -0.05) is 12.2 Å². The van der Waals surface area contributed by atoms with Crippen molar-refractivity contribution < 1.29 is 9.13 Å². The van der Waals surface area contributed by atoms with Crippen LogP contribution in [0.3, 0.4) is 0 Å². The molecule has 0 aromatic carbocycles. The van der Waals surface area contributed by atoms with Crippen molar-refractivity contribution in [3.05, 3.63) is 35.6 Å². The van der Waals surface area contributed by atoms with E-state index in [1.165, 1.54) is 6.08 Å². The number of fused-ring (bicyclic) bond motifs is 1. The molecule has 2 rings (SSSR count). The molecule has 0 fully saturated rings. The van der Waals surface area contributed by atoms with E-state index in [4.69, 9.17) is 4.74 Å². The van der Waals surface area contributed by atoms with Gasteiger partial charge in [0, 0.05) is 5.57 Å². The molecule has 1 atom stereocenters. The summed E-state index contributed by atoms with van der Waals surface area (Å²) in [6.07, 6.45) is 5.65. The highest BCUT2D eigenvalue weighted by Gasteiger charge is 2.20. The van der Waals surface area contributed by atoms with Gasteiger partial charge in [0.05, 0.1) is 0 Å². The molecule has 1 aliphatic carbocycles. The zero-order valence-electron chi connectivity index (χ0n) is 4.67. The number of rotatable bonds is 0. The van der Waals surface area contributed by atoms with E-state index in [1.807, 2.05) is 12.2 Å². The molecule has 0 radical (unpaired) electrons. The summed E-state index contributed by atoms with van der Waals surface area (Å²) in [7, 11) is 0. The highest BCUT2D eigenvalue weighted by Crippen LogP contribution is 2.28. The summed E-state index contributed by atoms with van der Waals surface area (Å²) in [6.45, 7) is 0. The molecule has 9 heavy (non-hydrogen) atoms. The predicted molar refractivity (Wildman–Crippen MR) is 31.3 cm³/mol. The molecule has 1 heterocycles. The third-order valence-electron chi connectivity index (χ3n) is 1.36. The van der Waals surface area contributed by atoms with Gasteiger partial charge in [-0.2, -0.15) is 4.39 Å². The fourth-order valence-electron chi connectivity index (χ4n) is 0.959. The second-order valence-electron chi connectivity index (χ2n) is 1.98. The van der Waals surface area contributed by atoms with Crippen molar-refractivity contribution in [3.8, 4) is 0 Å². The van der Waals surface area contributed by atoms with Gasteiger partial charge in [0.2, 0.25) is 0 Å². The van der Waals surface area contributed by atoms with Crippen molar-refractivity contribution in [1.82, 2.24) is 0 Å². The standard InChI is InChI=1S/C7H5FO/c8-7-4-5-2-1-3-6(5)9-7/h1-4,7H. The highest BCUT2D eigenvalue weighted by atomic mass is 19.1. The Bertz CT molecular complexity index is 225. The van der Waals surface area contributed by atoms with Crippen LogP contribution in [-0.2, 0) is 4.74 Å². The Morgan fingerprint density at radius 3 is 3.22 bits per heavy atom. The molecule has 0 N–H and O–H groups in total. The van der Waals surface area contributed by atoms with E-state index >= 15 is 0 Å². The molecular formula is C7H5FO. The van der Waals surface area contributed by atoms with Gasteiger partial charge in [-0.3, -0.25) is 0 Å². The first-order chi connectivity index (χ1) is 4.36. The van der Waals surface area contributed by atoms with Gasteiger partial charge in [-0.05, 0) is 12.2 Å². The zero-order chi connectivity index (χ0) is 6.27. The average molecular weight is 124 g/mol. The molecule has 0 aromatic rings. The highest BCUT2D eigenvalue weighted by molar-refractivity contribution is 5.47. The van der Waals surface area contributed by atoms with E-state index in [-0.39, 0.29) is 0 Å². The molecule has 0 saturated carbocycles. The number of alkyl halides is 1. The monoisotopic (exact) mass is 124 g/mol. The second kappa shape index (κ2) is 1.47. The smallest absolute Gasteiger partial charge is 0.258 e. The number of hydrogen-bond acceptors (Lipinski definition) is 1. The van der Waals surface area contributed by atoms with Crippen LogP contribution < -0.4 is 0 Å². The second-order valence-corrected chi connectivity index (χ2v) is 1.98. The van der Waals surface area contributed by atoms with Crippen molar-refractivity contribution >= 4 is 0 Å². The molecule has 2 aliphatic rings. The molecule has 1 nitrogen and oxygen atoms in total. The molecule has 46 valence electrons. The minimum absolute atomic E-state index is 0.655. The lowest BCUT2D eigenvalue weighted by molar-refractivity contribution is 0.0667. The fourth-order valence-corrected chi connectivity index (χ4v) is 0.959. The minimum atomic E-state index is -1.23. The summed E-state index contributed by atoms with van der Waals surface area (Å²) < 4.78 is 17.0. The largest absolute Gasteiger partial charge is 0.456 e. The predicted octanol–water partition coefficient (Wildman–Crippen LogP) is 1.69. The Morgan fingerprint density at radius 2 is 2.44 bits per heavy atom. The van der Waals surface area contributed by atoms with Gasteiger partial charge < -0.3 is 4.74 Å². The van der Waals surface area contributed by atoms with Crippen molar-refractivity contribution in [3.63, 3.8) is 0 Å². The zero-order valence-corrected chi connectivity index (χ0v) is 4.67. The third kappa shape index (κ3) is 0.593. The van der Waals surface area contributed by atoms with Crippen LogP contribution in [0.4, 0.5) is 4.39 Å². The van der Waals surface area contributed by atoms with E-state index in [9.17, 15) is 4.39 Å². The number of halogens is 1. The molecule has 1 unspecified atom stereocenters. The lowest BCUT2D eigenvalue weighted by atomic mass is 10.3. The van der Waals surface area contributed by atoms with Gasteiger partial charge in [-0.25, -0.2) is 0 Å². The maximum Gasteiger partial charge on any atom is 0.258 e. The molecule has 1 aliphatic heterocycles. The molecule has 0 spiro atoms. The number of hydrogen-bond donors (Lipinski definition) is 0. The van der Waals surface area contributed by atoms with Gasteiger partial charge in [0.25, 0.3) is 6.36 Å². The number of allylic oxidation sites excluding steroid dienone is 3. The summed E-state index contributed by atoms with van der Waals surface area (Å²) in [5.41, 5.74) is 0.863. The van der Waals surface area contributed by atoms with Gasteiger partial charge in [-0.15, -0.1) is 0 Å². The first-order valence-electron chi connectivity index (χ1n) is 2.77. The lowest BCUT2D eigenvalue weighted by Gasteiger charge is -1.97. The van der Waals surface area contributed by atoms with E-state index < -0.39 is 6.36 Å². The van der Waals surface area contributed by atoms with Crippen LogP contribution in [0.25, 0.3) is 0 Å². The lowest BCUT2D eigenvalue weighted by Crippen LogP contribution is -1.91. The van der Waals surface area contributed by atoms with Crippen LogP contribution in [0.5, 0.6) is 0 Å². The van der Waals surface area contributed by atoms with Crippen molar-refractivity contribution in [1.29, 1.82) is 0 Å². The maximum absolute atomic E-state index is 12.3. The van der Waals surface area contributed by atoms with Crippen LogP contribution in [0.1, 0.15) is 0 Å². The van der Waals surface area contributed by atoms with E-state index in [1.54, 1.807) is 6.08 Å². The third-order valence-corrected chi connectivity index (χ3v) is 1.36. The topological polar surface area (TPSA) is 9.23 Å². The van der Waals surface area contributed by atoms with E-state index in [0.29, 0.717) is 5.76 Å². The molecular weight excluding hydrogens is 119 g/mol. The fraction of sp³-hybridized carbons (Fsp3) is 0.143. The van der Waals surface area contributed by atoms with E-state index in [0.717, 1.165) is 5.57 Å².